The summed E-state index contributed by atoms with van der Waals surface area (Å²) in [5.41, 5.74) is 3.53. The van der Waals surface area contributed by atoms with Gasteiger partial charge in [-0.1, -0.05) is 0 Å². The Morgan fingerprint density at radius 2 is 2.29 bits per heavy atom. The third-order valence-electron chi connectivity index (χ3n) is 5.71. The molecular formula is C20H24N6O2. The van der Waals surface area contributed by atoms with Crippen LogP contribution in [0.3, 0.4) is 0 Å². The van der Waals surface area contributed by atoms with E-state index in [9.17, 15) is 4.79 Å². The summed E-state index contributed by atoms with van der Waals surface area (Å²) in [7, 11) is 0. The van der Waals surface area contributed by atoms with Crippen molar-refractivity contribution < 1.29 is 9.21 Å². The second-order valence-corrected chi connectivity index (χ2v) is 7.79. The Morgan fingerprint density at radius 1 is 1.36 bits per heavy atom. The molecule has 1 unspecified atom stereocenters. The topological polar surface area (TPSA) is 91.2 Å². The number of rotatable bonds is 3. The summed E-state index contributed by atoms with van der Waals surface area (Å²) in [5.74, 6) is 1.47. The van der Waals surface area contributed by atoms with Crippen molar-refractivity contribution in [2.45, 2.75) is 39.2 Å². The fraction of sp³-hybridized carbons (Fsp3) is 0.500. The molecule has 0 aliphatic carbocycles. The highest BCUT2D eigenvalue weighted by Gasteiger charge is 2.29. The molecule has 2 aliphatic rings. The maximum atomic E-state index is 12.9. The van der Waals surface area contributed by atoms with Crippen LogP contribution in [-0.2, 0) is 17.8 Å². The molecule has 1 saturated heterocycles. The van der Waals surface area contributed by atoms with E-state index in [0.717, 1.165) is 56.1 Å². The molecule has 1 N–H and O–H groups in total. The molecule has 8 nitrogen and oxygen atoms in total. The van der Waals surface area contributed by atoms with E-state index < -0.39 is 0 Å². The van der Waals surface area contributed by atoms with E-state index in [1.807, 2.05) is 24.0 Å². The summed E-state index contributed by atoms with van der Waals surface area (Å²) < 4.78 is 5.86. The summed E-state index contributed by atoms with van der Waals surface area (Å²) >= 11 is 0. The lowest BCUT2D eigenvalue weighted by molar-refractivity contribution is -0.133. The number of aromatic amines is 1. The van der Waals surface area contributed by atoms with Crippen LogP contribution in [0.15, 0.2) is 22.7 Å². The van der Waals surface area contributed by atoms with Crippen molar-refractivity contribution in [3.05, 3.63) is 35.5 Å². The average molecular weight is 380 g/mol. The number of carbonyl (C=O) groups is 1. The van der Waals surface area contributed by atoms with Gasteiger partial charge >= 0.3 is 0 Å². The van der Waals surface area contributed by atoms with Crippen LogP contribution >= 0.6 is 0 Å². The molecule has 5 heterocycles. The SMILES string of the molecule is Cc1nc2c([nH]1)CN(C(=O)CC1CCCN(c3nc4ncccc4o3)C1)CC2. The second kappa shape index (κ2) is 6.92. The number of carbonyl (C=O) groups excluding carboxylic acids is 1. The Hall–Kier alpha value is -2.90. The van der Waals surface area contributed by atoms with Crippen molar-refractivity contribution in [1.29, 1.82) is 0 Å². The molecule has 1 amide bonds. The molecule has 146 valence electrons. The van der Waals surface area contributed by atoms with Crippen LogP contribution in [0.4, 0.5) is 6.01 Å². The Bertz CT molecular complexity index is 976. The molecule has 1 fully saturated rings. The minimum atomic E-state index is 0.226. The van der Waals surface area contributed by atoms with E-state index >= 15 is 0 Å². The highest BCUT2D eigenvalue weighted by atomic mass is 16.4. The number of amides is 1. The van der Waals surface area contributed by atoms with Crippen molar-refractivity contribution in [2.75, 3.05) is 24.5 Å². The van der Waals surface area contributed by atoms with Crippen LogP contribution in [0.25, 0.3) is 11.2 Å². The average Bonchev–Trinajstić information content (AvgIpc) is 3.29. The third-order valence-corrected chi connectivity index (χ3v) is 5.71. The van der Waals surface area contributed by atoms with Crippen molar-refractivity contribution in [2.24, 2.45) is 5.92 Å². The highest BCUT2D eigenvalue weighted by Crippen LogP contribution is 2.28. The number of hydrogen-bond donors (Lipinski definition) is 1. The van der Waals surface area contributed by atoms with Gasteiger partial charge in [0.2, 0.25) is 11.6 Å². The minimum absolute atomic E-state index is 0.226. The lowest BCUT2D eigenvalue weighted by Gasteiger charge is -2.33. The molecule has 3 aromatic rings. The standard InChI is InChI=1S/C20H24N6O2/c1-13-22-15-6-9-25(12-16(15)23-13)18(27)10-14-4-3-8-26(11-14)20-24-19-17(28-20)5-2-7-21-19/h2,5,7,14H,3-4,6,8-12H2,1H3,(H,22,23). The van der Waals surface area contributed by atoms with E-state index in [2.05, 4.69) is 24.8 Å². The molecule has 1 atom stereocenters. The Kier molecular flexibility index (Phi) is 4.26. The first-order valence-electron chi connectivity index (χ1n) is 9.94. The Morgan fingerprint density at radius 3 is 3.18 bits per heavy atom. The summed E-state index contributed by atoms with van der Waals surface area (Å²) in [6.07, 6.45) is 5.21. The molecule has 0 radical (unpaired) electrons. The largest absolute Gasteiger partial charge is 0.422 e. The van der Waals surface area contributed by atoms with Gasteiger partial charge in [0.05, 0.1) is 17.9 Å². The number of aromatic nitrogens is 4. The summed E-state index contributed by atoms with van der Waals surface area (Å²) in [4.78, 5) is 33.5. The molecule has 0 aromatic carbocycles. The summed E-state index contributed by atoms with van der Waals surface area (Å²) in [6.45, 7) is 5.05. The van der Waals surface area contributed by atoms with E-state index in [0.29, 0.717) is 36.1 Å². The number of fused-ring (bicyclic) bond motifs is 2. The number of H-pyrrole nitrogens is 1. The summed E-state index contributed by atoms with van der Waals surface area (Å²) in [6, 6.07) is 4.34. The van der Waals surface area contributed by atoms with E-state index in [1.54, 1.807) is 6.20 Å². The number of oxazole rings is 1. The third kappa shape index (κ3) is 3.23. The summed E-state index contributed by atoms with van der Waals surface area (Å²) in [5, 5.41) is 0. The van der Waals surface area contributed by atoms with Gasteiger partial charge in [0.1, 0.15) is 5.82 Å². The van der Waals surface area contributed by atoms with Crippen molar-refractivity contribution in [3.8, 4) is 0 Å². The normalized spacial score (nSPS) is 19.8. The van der Waals surface area contributed by atoms with E-state index in [4.69, 9.17) is 4.42 Å². The quantitative estimate of drug-likeness (QED) is 0.750. The van der Waals surface area contributed by atoms with Crippen LogP contribution < -0.4 is 4.90 Å². The molecule has 3 aromatic heterocycles. The number of hydrogen-bond acceptors (Lipinski definition) is 6. The molecule has 0 spiro atoms. The zero-order valence-corrected chi connectivity index (χ0v) is 16.0. The molecule has 2 aliphatic heterocycles. The zero-order chi connectivity index (χ0) is 19.1. The second-order valence-electron chi connectivity index (χ2n) is 7.79. The number of aryl methyl sites for hydroxylation is 1. The van der Waals surface area contributed by atoms with Gasteiger partial charge in [-0.05, 0) is 37.8 Å². The number of piperidine rings is 1. The van der Waals surface area contributed by atoms with Crippen LogP contribution in [0.1, 0.15) is 36.5 Å². The predicted octanol–water partition coefficient (Wildman–Crippen LogP) is 2.45. The Balaban J connectivity index is 1.23. The lowest BCUT2D eigenvalue weighted by Crippen LogP contribution is -2.41. The molecule has 8 heteroatoms. The number of pyridine rings is 1. The van der Waals surface area contributed by atoms with E-state index in [1.165, 1.54) is 0 Å². The van der Waals surface area contributed by atoms with Crippen molar-refractivity contribution in [1.82, 2.24) is 24.8 Å². The van der Waals surface area contributed by atoms with Gasteiger partial charge in [-0.3, -0.25) is 4.79 Å². The molecule has 0 saturated carbocycles. The van der Waals surface area contributed by atoms with Gasteiger partial charge in [0, 0.05) is 38.7 Å². The first-order valence-corrected chi connectivity index (χ1v) is 9.94. The fourth-order valence-corrected chi connectivity index (χ4v) is 4.32. The van der Waals surface area contributed by atoms with Gasteiger partial charge in [0.15, 0.2) is 5.58 Å². The maximum Gasteiger partial charge on any atom is 0.299 e. The Labute approximate surface area is 163 Å². The van der Waals surface area contributed by atoms with Gasteiger partial charge in [-0.2, -0.15) is 4.98 Å². The number of nitrogens with zero attached hydrogens (tertiary/aromatic N) is 5. The van der Waals surface area contributed by atoms with Crippen molar-refractivity contribution in [3.63, 3.8) is 0 Å². The first-order chi connectivity index (χ1) is 13.7. The van der Waals surface area contributed by atoms with Gasteiger partial charge < -0.3 is 19.2 Å². The van der Waals surface area contributed by atoms with Gasteiger partial charge in [0.25, 0.3) is 6.01 Å². The predicted molar refractivity (Wildman–Crippen MR) is 104 cm³/mol. The van der Waals surface area contributed by atoms with Gasteiger partial charge in [-0.25, -0.2) is 9.97 Å². The number of nitrogens with one attached hydrogen (secondary N) is 1. The smallest absolute Gasteiger partial charge is 0.299 e. The number of imidazole rings is 1. The van der Waals surface area contributed by atoms with Crippen LogP contribution in [0.2, 0.25) is 0 Å². The van der Waals surface area contributed by atoms with Crippen LogP contribution in [-0.4, -0.2) is 50.4 Å². The molecule has 5 rings (SSSR count). The van der Waals surface area contributed by atoms with Crippen LogP contribution in [0.5, 0.6) is 0 Å². The van der Waals surface area contributed by atoms with Crippen LogP contribution in [0, 0.1) is 12.8 Å². The van der Waals surface area contributed by atoms with Gasteiger partial charge in [-0.15, -0.1) is 0 Å². The zero-order valence-electron chi connectivity index (χ0n) is 16.0. The first kappa shape index (κ1) is 17.2. The van der Waals surface area contributed by atoms with Crippen molar-refractivity contribution >= 4 is 23.2 Å². The molecule has 0 bridgehead atoms. The monoisotopic (exact) mass is 380 g/mol. The molecular weight excluding hydrogens is 356 g/mol. The lowest BCUT2D eigenvalue weighted by atomic mass is 9.94. The number of anilines is 1. The minimum Gasteiger partial charge on any atom is -0.422 e. The molecule has 28 heavy (non-hydrogen) atoms. The maximum absolute atomic E-state index is 12.9. The highest BCUT2D eigenvalue weighted by molar-refractivity contribution is 5.77. The van der Waals surface area contributed by atoms with E-state index in [-0.39, 0.29) is 5.91 Å². The fourth-order valence-electron chi connectivity index (χ4n) is 4.32.